The molecular weight excluding hydrogens is 270 g/mol. The summed E-state index contributed by atoms with van der Waals surface area (Å²) in [5.41, 5.74) is 2.35. The van der Waals surface area contributed by atoms with Gasteiger partial charge in [0.2, 0.25) is 5.91 Å². The number of amides is 1. The molecule has 0 aliphatic rings. The van der Waals surface area contributed by atoms with Gasteiger partial charge in [-0.1, -0.05) is 36.0 Å². The molecule has 1 N–H and O–H groups in total. The van der Waals surface area contributed by atoms with Crippen molar-refractivity contribution in [3.63, 3.8) is 0 Å². The Morgan fingerprint density at radius 3 is 2.85 bits per heavy atom. The number of nitrogens with one attached hydrogen (secondary N) is 1. The van der Waals surface area contributed by atoms with E-state index in [2.05, 4.69) is 23.3 Å². The van der Waals surface area contributed by atoms with E-state index in [9.17, 15) is 4.79 Å². The summed E-state index contributed by atoms with van der Waals surface area (Å²) >= 11 is 1.44. The lowest BCUT2D eigenvalue weighted by Gasteiger charge is -2.16. The molecular formula is C15H19N3OS. The van der Waals surface area contributed by atoms with E-state index in [0.29, 0.717) is 5.75 Å². The summed E-state index contributed by atoms with van der Waals surface area (Å²) < 4.78 is 1.91. The highest BCUT2D eigenvalue weighted by Gasteiger charge is 2.12. The van der Waals surface area contributed by atoms with E-state index >= 15 is 0 Å². The van der Waals surface area contributed by atoms with Crippen LogP contribution in [0.1, 0.15) is 24.1 Å². The quantitative estimate of drug-likeness (QED) is 0.861. The third kappa shape index (κ3) is 3.63. The number of thioether (sulfide) groups is 1. The number of benzene rings is 1. The van der Waals surface area contributed by atoms with E-state index in [0.717, 1.165) is 10.7 Å². The number of rotatable bonds is 5. The maximum atomic E-state index is 12.0. The number of imidazole rings is 1. The number of nitrogens with zero attached hydrogens (tertiary/aromatic N) is 2. The van der Waals surface area contributed by atoms with Crippen LogP contribution in [0.2, 0.25) is 0 Å². The van der Waals surface area contributed by atoms with Crippen LogP contribution >= 0.6 is 11.8 Å². The van der Waals surface area contributed by atoms with Gasteiger partial charge in [0.1, 0.15) is 0 Å². The van der Waals surface area contributed by atoms with Gasteiger partial charge in [-0.15, -0.1) is 0 Å². The van der Waals surface area contributed by atoms with Crippen LogP contribution < -0.4 is 5.32 Å². The number of aromatic nitrogens is 2. The summed E-state index contributed by atoms with van der Waals surface area (Å²) in [5.74, 6) is 0.398. The summed E-state index contributed by atoms with van der Waals surface area (Å²) in [7, 11) is 1.92. The second-order valence-corrected chi connectivity index (χ2v) is 5.70. The first-order chi connectivity index (χ1) is 9.58. The molecule has 0 fully saturated rings. The van der Waals surface area contributed by atoms with Gasteiger partial charge in [0.05, 0.1) is 11.8 Å². The van der Waals surface area contributed by atoms with Gasteiger partial charge >= 0.3 is 0 Å². The Morgan fingerprint density at radius 2 is 2.20 bits per heavy atom. The standard InChI is InChI=1S/C15H19N3OS/c1-11-6-4-5-7-13(11)12(2)17-14(19)10-20-15-16-8-9-18(15)3/h4-9,12H,10H2,1-3H3,(H,17,19)/t12-/m1/s1. The Hall–Kier alpha value is -1.75. The molecule has 0 saturated heterocycles. The maximum Gasteiger partial charge on any atom is 0.230 e. The Kier molecular flexibility index (Phi) is 4.84. The molecule has 20 heavy (non-hydrogen) atoms. The molecule has 1 heterocycles. The number of carbonyl (C=O) groups is 1. The highest BCUT2D eigenvalue weighted by atomic mass is 32.2. The fourth-order valence-corrected chi connectivity index (χ4v) is 2.80. The lowest BCUT2D eigenvalue weighted by molar-refractivity contribution is -0.119. The highest BCUT2D eigenvalue weighted by molar-refractivity contribution is 7.99. The zero-order valence-corrected chi connectivity index (χ0v) is 12.8. The zero-order chi connectivity index (χ0) is 14.5. The highest BCUT2D eigenvalue weighted by Crippen LogP contribution is 2.18. The average molecular weight is 289 g/mol. The lowest BCUT2D eigenvalue weighted by atomic mass is 10.0. The molecule has 0 aliphatic carbocycles. The van der Waals surface area contributed by atoms with E-state index in [1.165, 1.54) is 17.3 Å². The summed E-state index contributed by atoms with van der Waals surface area (Å²) in [6.45, 7) is 4.06. The Bertz CT molecular complexity index is 594. The largest absolute Gasteiger partial charge is 0.349 e. The molecule has 0 saturated carbocycles. The van der Waals surface area contributed by atoms with Gasteiger partial charge in [-0.2, -0.15) is 0 Å². The summed E-state index contributed by atoms with van der Waals surface area (Å²) in [4.78, 5) is 16.2. The second-order valence-electron chi connectivity index (χ2n) is 4.76. The number of hydrogen-bond acceptors (Lipinski definition) is 3. The predicted molar refractivity (Wildman–Crippen MR) is 81.7 cm³/mol. The first-order valence-electron chi connectivity index (χ1n) is 6.53. The first-order valence-corrected chi connectivity index (χ1v) is 7.51. The Balaban J connectivity index is 1.88. The normalized spacial score (nSPS) is 12.2. The molecule has 1 aromatic carbocycles. The van der Waals surface area contributed by atoms with Crippen molar-refractivity contribution >= 4 is 17.7 Å². The van der Waals surface area contributed by atoms with Crippen molar-refractivity contribution in [3.8, 4) is 0 Å². The minimum atomic E-state index is 0.0191. The Labute approximate surface area is 123 Å². The topological polar surface area (TPSA) is 46.9 Å². The Morgan fingerprint density at radius 1 is 1.45 bits per heavy atom. The van der Waals surface area contributed by atoms with Crippen molar-refractivity contribution in [2.24, 2.45) is 7.05 Å². The third-order valence-corrected chi connectivity index (χ3v) is 4.20. The zero-order valence-electron chi connectivity index (χ0n) is 12.0. The summed E-state index contributed by atoms with van der Waals surface area (Å²) in [5, 5.41) is 3.87. The van der Waals surface area contributed by atoms with Crippen LogP contribution in [0.3, 0.4) is 0 Å². The van der Waals surface area contributed by atoms with Gasteiger partial charge in [0, 0.05) is 19.4 Å². The van der Waals surface area contributed by atoms with Crippen LogP contribution in [0, 0.1) is 6.92 Å². The third-order valence-electron chi connectivity index (χ3n) is 3.14. The molecule has 0 radical (unpaired) electrons. The molecule has 1 amide bonds. The lowest BCUT2D eigenvalue weighted by Crippen LogP contribution is -2.28. The minimum absolute atomic E-state index is 0.0191. The van der Waals surface area contributed by atoms with Crippen molar-refractivity contribution in [2.75, 3.05) is 5.75 Å². The molecule has 2 aromatic rings. The van der Waals surface area contributed by atoms with Crippen LogP contribution in [0.4, 0.5) is 0 Å². The maximum absolute atomic E-state index is 12.0. The number of aryl methyl sites for hydroxylation is 2. The molecule has 4 nitrogen and oxygen atoms in total. The summed E-state index contributed by atoms with van der Waals surface area (Å²) in [6, 6.07) is 8.12. The van der Waals surface area contributed by atoms with Crippen molar-refractivity contribution < 1.29 is 4.79 Å². The van der Waals surface area contributed by atoms with E-state index < -0.39 is 0 Å². The van der Waals surface area contributed by atoms with E-state index in [1.54, 1.807) is 6.20 Å². The van der Waals surface area contributed by atoms with Gasteiger partial charge < -0.3 is 9.88 Å². The van der Waals surface area contributed by atoms with E-state index in [-0.39, 0.29) is 11.9 Å². The van der Waals surface area contributed by atoms with Crippen molar-refractivity contribution in [1.82, 2.24) is 14.9 Å². The molecule has 0 bridgehead atoms. The van der Waals surface area contributed by atoms with E-state index in [1.807, 2.05) is 42.9 Å². The van der Waals surface area contributed by atoms with Crippen molar-refractivity contribution in [3.05, 3.63) is 47.8 Å². The molecule has 2 rings (SSSR count). The van der Waals surface area contributed by atoms with Gasteiger partial charge in [-0.05, 0) is 25.0 Å². The average Bonchev–Trinajstić information content (AvgIpc) is 2.82. The molecule has 0 aliphatic heterocycles. The molecule has 1 aromatic heterocycles. The molecule has 106 valence electrons. The molecule has 1 atom stereocenters. The molecule has 0 unspecified atom stereocenters. The fourth-order valence-electron chi connectivity index (χ4n) is 2.05. The number of hydrogen-bond donors (Lipinski definition) is 1. The van der Waals surface area contributed by atoms with Crippen LogP contribution in [0.25, 0.3) is 0 Å². The smallest absolute Gasteiger partial charge is 0.230 e. The molecule has 0 spiro atoms. The van der Waals surface area contributed by atoms with Crippen LogP contribution in [-0.4, -0.2) is 21.2 Å². The van der Waals surface area contributed by atoms with Gasteiger partial charge in [0.15, 0.2) is 5.16 Å². The fraction of sp³-hybridized carbons (Fsp3) is 0.333. The van der Waals surface area contributed by atoms with Crippen LogP contribution in [0.5, 0.6) is 0 Å². The number of carbonyl (C=O) groups excluding carboxylic acids is 1. The SMILES string of the molecule is Cc1ccccc1[C@@H](C)NC(=O)CSc1nccn1C. The van der Waals surface area contributed by atoms with Crippen molar-refractivity contribution in [1.29, 1.82) is 0 Å². The van der Waals surface area contributed by atoms with Crippen LogP contribution in [-0.2, 0) is 11.8 Å². The van der Waals surface area contributed by atoms with Crippen molar-refractivity contribution in [2.45, 2.75) is 25.0 Å². The molecule has 5 heteroatoms. The van der Waals surface area contributed by atoms with Gasteiger partial charge in [-0.25, -0.2) is 4.98 Å². The van der Waals surface area contributed by atoms with Crippen LogP contribution in [0.15, 0.2) is 41.8 Å². The predicted octanol–water partition coefficient (Wildman–Crippen LogP) is 2.70. The second kappa shape index (κ2) is 6.61. The van der Waals surface area contributed by atoms with E-state index in [4.69, 9.17) is 0 Å². The summed E-state index contributed by atoms with van der Waals surface area (Å²) in [6.07, 6.45) is 3.60. The van der Waals surface area contributed by atoms with Gasteiger partial charge in [0.25, 0.3) is 0 Å². The first kappa shape index (κ1) is 14.7. The monoisotopic (exact) mass is 289 g/mol. The van der Waals surface area contributed by atoms with Gasteiger partial charge in [-0.3, -0.25) is 4.79 Å². The minimum Gasteiger partial charge on any atom is -0.349 e.